The molecule has 0 radical (unpaired) electrons. The average Bonchev–Trinajstić information content (AvgIpc) is 3.65. The first-order valence-electron chi connectivity index (χ1n) is 10.9. The van der Waals surface area contributed by atoms with E-state index in [2.05, 4.69) is 20.6 Å². The molecule has 10 heteroatoms. The molecule has 0 spiro atoms. The predicted octanol–water partition coefficient (Wildman–Crippen LogP) is 4.86. The van der Waals surface area contributed by atoms with Crippen molar-refractivity contribution in [3.63, 3.8) is 0 Å². The van der Waals surface area contributed by atoms with Gasteiger partial charge in [0, 0.05) is 17.4 Å². The number of carbonyl (C=O) groups is 1. The lowest BCUT2D eigenvalue weighted by Crippen LogP contribution is -2.32. The minimum Gasteiger partial charge on any atom is -0.481 e. The molecule has 1 aliphatic carbocycles. The van der Waals surface area contributed by atoms with Gasteiger partial charge in [-0.05, 0) is 50.8 Å². The van der Waals surface area contributed by atoms with Crippen molar-refractivity contribution >= 4 is 34.9 Å². The largest absolute Gasteiger partial charge is 0.481 e. The maximum Gasteiger partial charge on any atom is 0.411 e. The number of pyridine rings is 1. The third-order valence-electron chi connectivity index (χ3n) is 5.63. The lowest BCUT2D eigenvalue weighted by atomic mass is 10.2. The van der Waals surface area contributed by atoms with Crippen LogP contribution in [0.15, 0.2) is 47.4 Å². The molecule has 9 nitrogen and oxygen atoms in total. The summed E-state index contributed by atoms with van der Waals surface area (Å²) in [6.45, 7) is 3.70. The molecular weight excluding hydrogens is 458 g/mol. The Kier molecular flexibility index (Phi) is 7.02. The fourth-order valence-electron chi connectivity index (χ4n) is 3.71. The number of nitrogens with one attached hydrogen (secondary N) is 2. The van der Waals surface area contributed by atoms with Gasteiger partial charge in [-0.1, -0.05) is 29.8 Å². The van der Waals surface area contributed by atoms with Gasteiger partial charge in [-0.2, -0.15) is 0 Å². The summed E-state index contributed by atoms with van der Waals surface area (Å²) in [6, 6.07) is 10.5. The normalized spacial score (nSPS) is 13.8. The van der Waals surface area contributed by atoms with Gasteiger partial charge >= 0.3 is 6.09 Å². The molecule has 1 atom stereocenters. The number of methoxy groups -OCH3 is 1. The molecule has 2 N–H and O–H groups in total. The first-order chi connectivity index (χ1) is 16.4. The Bertz CT molecular complexity index is 1240. The number of carbonyl (C=O) groups excluding carboxylic acids is 1. The molecule has 4 rings (SSSR count). The van der Waals surface area contributed by atoms with E-state index < -0.39 is 6.09 Å². The van der Waals surface area contributed by atoms with Crippen LogP contribution in [0.4, 0.5) is 22.0 Å². The Labute approximate surface area is 202 Å². The standard InChI is InChI=1S/C24H26ClN5O4/c1-14-11-18(15(2)26-22(14)33-3)28-21-23(31)30(12-20(25)29-21)19(16-9-10-16)13-34-24(32)27-17-7-5-4-6-8-17/h4-8,11-12,16,19H,9-10,13H2,1-3H3,(H,27,32)(H,28,29). The number of amides is 1. The summed E-state index contributed by atoms with van der Waals surface area (Å²) >= 11 is 6.28. The van der Waals surface area contributed by atoms with Crippen molar-refractivity contribution in [1.29, 1.82) is 0 Å². The van der Waals surface area contributed by atoms with Crippen molar-refractivity contribution in [2.24, 2.45) is 5.92 Å². The summed E-state index contributed by atoms with van der Waals surface area (Å²) in [4.78, 5) is 34.2. The van der Waals surface area contributed by atoms with Crippen LogP contribution in [0.2, 0.25) is 5.15 Å². The molecule has 0 aliphatic heterocycles. The predicted molar refractivity (Wildman–Crippen MR) is 130 cm³/mol. The van der Waals surface area contributed by atoms with Crippen molar-refractivity contribution in [3.8, 4) is 5.88 Å². The molecule has 2 heterocycles. The smallest absolute Gasteiger partial charge is 0.411 e. The Morgan fingerprint density at radius 1 is 1.24 bits per heavy atom. The van der Waals surface area contributed by atoms with Gasteiger partial charge in [0.05, 0.1) is 24.5 Å². The molecule has 1 amide bonds. The van der Waals surface area contributed by atoms with Crippen molar-refractivity contribution in [2.45, 2.75) is 32.7 Å². The van der Waals surface area contributed by atoms with E-state index in [0.29, 0.717) is 22.9 Å². The quantitative estimate of drug-likeness (QED) is 0.471. The molecule has 0 saturated heterocycles. The second-order valence-corrected chi connectivity index (χ2v) is 8.58. The number of para-hydroxylation sites is 1. The Morgan fingerprint density at radius 2 is 1.97 bits per heavy atom. The van der Waals surface area contributed by atoms with Crippen LogP contribution in [-0.2, 0) is 4.74 Å². The number of hydrogen-bond acceptors (Lipinski definition) is 7. The van der Waals surface area contributed by atoms with Gasteiger partial charge in [-0.25, -0.2) is 14.8 Å². The number of ether oxygens (including phenoxy) is 2. The van der Waals surface area contributed by atoms with Gasteiger partial charge < -0.3 is 19.4 Å². The number of aromatic nitrogens is 3. The van der Waals surface area contributed by atoms with Crippen molar-refractivity contribution < 1.29 is 14.3 Å². The topological polar surface area (TPSA) is 107 Å². The average molecular weight is 484 g/mol. The minimum atomic E-state index is -0.584. The molecule has 3 aromatic rings. The third-order valence-corrected chi connectivity index (χ3v) is 5.82. The number of benzene rings is 1. The molecule has 1 aliphatic rings. The Morgan fingerprint density at radius 3 is 2.65 bits per heavy atom. The van der Waals surface area contributed by atoms with Crippen LogP contribution in [0.3, 0.4) is 0 Å². The van der Waals surface area contributed by atoms with E-state index in [1.807, 2.05) is 31.2 Å². The van der Waals surface area contributed by atoms with Gasteiger partial charge in [0.15, 0.2) is 5.82 Å². The zero-order chi connectivity index (χ0) is 24.2. The highest BCUT2D eigenvalue weighted by atomic mass is 35.5. The zero-order valence-electron chi connectivity index (χ0n) is 19.2. The molecule has 0 bridgehead atoms. The summed E-state index contributed by atoms with van der Waals surface area (Å²) < 4.78 is 12.2. The summed E-state index contributed by atoms with van der Waals surface area (Å²) in [5.41, 5.74) is 2.35. The SMILES string of the molecule is COc1nc(C)c(Nc2nc(Cl)cn(C(COC(=O)Nc3ccccc3)C3CC3)c2=O)cc1C. The molecule has 1 saturated carbocycles. The van der Waals surface area contributed by atoms with E-state index in [1.165, 1.54) is 10.8 Å². The molecule has 1 aromatic carbocycles. The van der Waals surface area contributed by atoms with Gasteiger partial charge in [0.25, 0.3) is 5.56 Å². The maximum atomic E-state index is 13.3. The number of nitrogens with zero attached hydrogens (tertiary/aromatic N) is 3. The van der Waals surface area contributed by atoms with E-state index in [-0.39, 0.29) is 35.1 Å². The first kappa shape index (κ1) is 23.6. The highest BCUT2D eigenvalue weighted by molar-refractivity contribution is 6.29. The zero-order valence-corrected chi connectivity index (χ0v) is 19.9. The van der Waals surface area contributed by atoms with Crippen molar-refractivity contribution in [2.75, 3.05) is 24.4 Å². The first-order valence-corrected chi connectivity index (χ1v) is 11.3. The van der Waals surface area contributed by atoms with Gasteiger partial charge in [-0.15, -0.1) is 0 Å². The molecule has 1 unspecified atom stereocenters. The number of halogens is 1. The van der Waals surface area contributed by atoms with E-state index in [1.54, 1.807) is 26.2 Å². The Hall–Kier alpha value is -3.59. The number of hydrogen-bond donors (Lipinski definition) is 2. The van der Waals surface area contributed by atoms with Crippen LogP contribution in [0.25, 0.3) is 0 Å². The monoisotopic (exact) mass is 483 g/mol. The van der Waals surface area contributed by atoms with Gasteiger partial charge in [0.2, 0.25) is 5.88 Å². The van der Waals surface area contributed by atoms with Crippen LogP contribution in [0, 0.1) is 19.8 Å². The minimum absolute atomic E-state index is 0.0330. The van der Waals surface area contributed by atoms with Crippen LogP contribution < -0.4 is 20.9 Å². The molecule has 2 aromatic heterocycles. The molecule has 34 heavy (non-hydrogen) atoms. The molecular formula is C24H26ClN5O4. The van der Waals surface area contributed by atoms with E-state index in [9.17, 15) is 9.59 Å². The molecule has 1 fully saturated rings. The number of aryl methyl sites for hydroxylation is 2. The summed E-state index contributed by atoms with van der Waals surface area (Å²) in [5.74, 6) is 0.792. The van der Waals surface area contributed by atoms with Crippen molar-refractivity contribution in [3.05, 3.63) is 69.4 Å². The van der Waals surface area contributed by atoms with Crippen LogP contribution in [0.1, 0.15) is 30.1 Å². The Balaban J connectivity index is 1.55. The lowest BCUT2D eigenvalue weighted by Gasteiger charge is -2.21. The highest BCUT2D eigenvalue weighted by Crippen LogP contribution is 2.39. The summed E-state index contributed by atoms with van der Waals surface area (Å²) in [7, 11) is 1.55. The van der Waals surface area contributed by atoms with Crippen LogP contribution in [0.5, 0.6) is 5.88 Å². The van der Waals surface area contributed by atoms with Crippen LogP contribution in [-0.4, -0.2) is 34.3 Å². The second-order valence-electron chi connectivity index (χ2n) is 8.19. The van der Waals surface area contributed by atoms with Crippen molar-refractivity contribution in [1.82, 2.24) is 14.5 Å². The van der Waals surface area contributed by atoms with E-state index in [4.69, 9.17) is 21.1 Å². The highest BCUT2D eigenvalue weighted by Gasteiger charge is 2.35. The summed E-state index contributed by atoms with van der Waals surface area (Å²) in [6.07, 6.45) is 2.77. The fourth-order valence-corrected chi connectivity index (χ4v) is 3.90. The van der Waals surface area contributed by atoms with Gasteiger partial charge in [-0.3, -0.25) is 10.1 Å². The number of anilines is 3. The van der Waals surface area contributed by atoms with Gasteiger partial charge in [0.1, 0.15) is 11.8 Å². The van der Waals surface area contributed by atoms with E-state index in [0.717, 1.165) is 18.4 Å². The second kappa shape index (κ2) is 10.1. The maximum absolute atomic E-state index is 13.3. The number of rotatable bonds is 8. The fraction of sp³-hybridized carbons (Fsp3) is 0.333. The third kappa shape index (κ3) is 5.48. The van der Waals surface area contributed by atoms with E-state index >= 15 is 0 Å². The summed E-state index contributed by atoms with van der Waals surface area (Å²) in [5, 5.41) is 5.89. The molecule has 178 valence electrons. The van der Waals surface area contributed by atoms with Crippen LogP contribution >= 0.6 is 11.6 Å². The lowest BCUT2D eigenvalue weighted by molar-refractivity contribution is 0.135.